The number of nitrogens with one attached hydrogen (secondary N) is 1. The van der Waals surface area contributed by atoms with E-state index in [9.17, 15) is 0 Å². The molecule has 3 rings (SSSR count). The van der Waals surface area contributed by atoms with E-state index in [-0.39, 0.29) is 0 Å². The van der Waals surface area contributed by atoms with Crippen LogP contribution in [-0.2, 0) is 5.75 Å². The van der Waals surface area contributed by atoms with Crippen molar-refractivity contribution >= 4 is 28.2 Å². The third-order valence-electron chi connectivity index (χ3n) is 2.75. The van der Waals surface area contributed by atoms with E-state index in [1.165, 1.54) is 11.3 Å². The molecule has 6 nitrogen and oxygen atoms in total. The first-order chi connectivity index (χ1) is 10.9. The van der Waals surface area contributed by atoms with Crippen molar-refractivity contribution in [1.82, 2.24) is 25.0 Å². The third kappa shape index (κ3) is 3.52. The molecular weight excluding hydrogens is 316 g/mol. The van der Waals surface area contributed by atoms with E-state index in [0.717, 1.165) is 21.0 Å². The Labute approximate surface area is 136 Å². The summed E-state index contributed by atoms with van der Waals surface area (Å²) in [6.45, 7) is 4.34. The highest BCUT2D eigenvalue weighted by atomic mass is 32.2. The van der Waals surface area contributed by atoms with Crippen LogP contribution in [0.3, 0.4) is 0 Å². The summed E-state index contributed by atoms with van der Waals surface area (Å²) in [6.07, 6.45) is 3.36. The summed E-state index contributed by atoms with van der Waals surface area (Å²) >= 11 is 3.12. The first-order valence-corrected chi connectivity index (χ1v) is 8.42. The van der Waals surface area contributed by atoms with Gasteiger partial charge in [0, 0.05) is 6.54 Å². The fraction of sp³-hybridized carbons (Fsp3) is 0.143. The van der Waals surface area contributed by atoms with Gasteiger partial charge in [-0.3, -0.25) is 0 Å². The summed E-state index contributed by atoms with van der Waals surface area (Å²) in [5.74, 6) is 1.57. The molecule has 0 saturated heterocycles. The smallest absolute Gasteiger partial charge is 0.206 e. The van der Waals surface area contributed by atoms with Crippen molar-refractivity contribution in [1.29, 1.82) is 0 Å². The lowest BCUT2D eigenvalue weighted by atomic mass is 10.3. The number of hydrogen-bond acceptors (Lipinski definition) is 7. The third-order valence-corrected chi connectivity index (χ3v) is 4.76. The maximum absolute atomic E-state index is 4.32. The lowest BCUT2D eigenvalue weighted by Gasteiger charge is -2.04. The van der Waals surface area contributed by atoms with Gasteiger partial charge < -0.3 is 5.32 Å². The maximum Gasteiger partial charge on any atom is 0.206 e. The molecule has 0 aliphatic heterocycles. The van der Waals surface area contributed by atoms with Gasteiger partial charge in [-0.25, -0.2) is 9.67 Å². The lowest BCUT2D eigenvalue weighted by Crippen LogP contribution is -2.01. The van der Waals surface area contributed by atoms with Gasteiger partial charge in [-0.05, 0) is 12.1 Å². The average Bonchev–Trinajstić information content (AvgIpc) is 3.21. The topological polar surface area (TPSA) is 68.5 Å². The number of rotatable bonds is 7. The van der Waals surface area contributed by atoms with Crippen LogP contribution >= 0.6 is 23.1 Å². The van der Waals surface area contributed by atoms with Crippen molar-refractivity contribution < 1.29 is 0 Å². The standard InChI is InChI=1S/C14H14N6S2/c1-2-8-15-13-18-19-14(22-13)21-9-12-16-10-17-20(12)11-6-4-3-5-7-11/h2-7,10H,1,8-9H2,(H,15,18). The fourth-order valence-electron chi connectivity index (χ4n) is 1.77. The second kappa shape index (κ2) is 7.19. The number of aromatic nitrogens is 5. The van der Waals surface area contributed by atoms with Gasteiger partial charge >= 0.3 is 0 Å². The highest BCUT2D eigenvalue weighted by molar-refractivity contribution is 8.00. The van der Waals surface area contributed by atoms with Crippen LogP contribution in [0.25, 0.3) is 5.69 Å². The van der Waals surface area contributed by atoms with E-state index in [2.05, 4.69) is 32.2 Å². The first kappa shape index (κ1) is 14.7. The van der Waals surface area contributed by atoms with Crippen LogP contribution in [0.5, 0.6) is 0 Å². The maximum atomic E-state index is 4.32. The molecular formula is C14H14N6S2. The summed E-state index contributed by atoms with van der Waals surface area (Å²) < 4.78 is 2.74. The van der Waals surface area contributed by atoms with E-state index in [1.807, 2.05) is 35.0 Å². The van der Waals surface area contributed by atoms with Gasteiger partial charge in [-0.15, -0.1) is 16.8 Å². The molecule has 22 heavy (non-hydrogen) atoms. The van der Waals surface area contributed by atoms with Crippen LogP contribution < -0.4 is 5.32 Å². The molecule has 1 aromatic carbocycles. The number of hydrogen-bond donors (Lipinski definition) is 1. The fourth-order valence-corrected chi connectivity index (χ4v) is 3.46. The quantitative estimate of drug-likeness (QED) is 0.530. The van der Waals surface area contributed by atoms with Gasteiger partial charge in [0.2, 0.25) is 5.13 Å². The van der Waals surface area contributed by atoms with E-state index >= 15 is 0 Å². The van der Waals surface area contributed by atoms with Crippen molar-refractivity contribution in [2.24, 2.45) is 0 Å². The van der Waals surface area contributed by atoms with E-state index in [0.29, 0.717) is 12.3 Å². The molecule has 3 aromatic rings. The Morgan fingerprint density at radius 1 is 1.27 bits per heavy atom. The number of thioether (sulfide) groups is 1. The summed E-state index contributed by atoms with van der Waals surface area (Å²) in [6, 6.07) is 9.95. The van der Waals surface area contributed by atoms with Crippen molar-refractivity contribution in [3.05, 3.63) is 55.1 Å². The van der Waals surface area contributed by atoms with Crippen LogP contribution in [0.15, 0.2) is 53.7 Å². The summed E-state index contributed by atoms with van der Waals surface area (Å²) in [7, 11) is 0. The molecule has 2 heterocycles. The zero-order valence-corrected chi connectivity index (χ0v) is 13.3. The van der Waals surface area contributed by atoms with Crippen LogP contribution in [0, 0.1) is 0 Å². The number of benzene rings is 1. The molecule has 8 heteroatoms. The van der Waals surface area contributed by atoms with Crippen LogP contribution in [0.2, 0.25) is 0 Å². The number of nitrogens with zero attached hydrogens (tertiary/aromatic N) is 5. The molecule has 2 aromatic heterocycles. The average molecular weight is 330 g/mol. The zero-order chi connectivity index (χ0) is 15.2. The first-order valence-electron chi connectivity index (χ1n) is 6.62. The predicted molar refractivity (Wildman–Crippen MR) is 89.5 cm³/mol. The van der Waals surface area contributed by atoms with Crippen molar-refractivity contribution in [2.75, 3.05) is 11.9 Å². The summed E-state index contributed by atoms with van der Waals surface area (Å²) in [5.41, 5.74) is 1.00. The Balaban J connectivity index is 1.66. The Morgan fingerprint density at radius 3 is 2.95 bits per heavy atom. The molecule has 0 radical (unpaired) electrons. The van der Waals surface area contributed by atoms with Gasteiger partial charge in [-0.2, -0.15) is 5.10 Å². The van der Waals surface area contributed by atoms with Gasteiger partial charge in [0.05, 0.1) is 11.4 Å². The SMILES string of the molecule is C=CCNc1nnc(SCc2ncnn2-c2ccccc2)s1. The molecule has 0 aliphatic rings. The molecule has 112 valence electrons. The Kier molecular flexibility index (Phi) is 4.81. The van der Waals surface area contributed by atoms with Crippen LogP contribution in [0.1, 0.15) is 5.82 Å². The van der Waals surface area contributed by atoms with Crippen molar-refractivity contribution in [3.63, 3.8) is 0 Å². The van der Waals surface area contributed by atoms with Crippen LogP contribution in [-0.4, -0.2) is 31.5 Å². The van der Waals surface area contributed by atoms with E-state index in [1.54, 1.807) is 24.2 Å². The Hall–Kier alpha value is -2.19. The van der Waals surface area contributed by atoms with E-state index in [4.69, 9.17) is 0 Å². The second-order valence-corrected chi connectivity index (χ2v) is 6.45. The number of anilines is 1. The molecule has 0 aliphatic carbocycles. The molecule has 0 spiro atoms. The minimum absolute atomic E-state index is 0.682. The highest BCUT2D eigenvalue weighted by Crippen LogP contribution is 2.28. The predicted octanol–water partition coefficient (Wildman–Crippen LogP) is 3.01. The Morgan fingerprint density at radius 2 is 2.14 bits per heavy atom. The Bertz CT molecular complexity index is 737. The molecule has 1 N–H and O–H groups in total. The minimum Gasteiger partial charge on any atom is -0.357 e. The van der Waals surface area contributed by atoms with E-state index < -0.39 is 0 Å². The molecule has 0 unspecified atom stereocenters. The summed E-state index contributed by atoms with van der Waals surface area (Å²) in [5, 5.41) is 16.4. The van der Waals surface area contributed by atoms with Gasteiger partial charge in [-0.1, -0.05) is 47.4 Å². The molecule has 0 bridgehead atoms. The highest BCUT2D eigenvalue weighted by Gasteiger charge is 2.09. The normalized spacial score (nSPS) is 10.5. The summed E-state index contributed by atoms with van der Waals surface area (Å²) in [4.78, 5) is 4.32. The molecule has 0 amide bonds. The molecule has 0 fully saturated rings. The second-order valence-electron chi connectivity index (χ2n) is 4.25. The number of para-hydroxylation sites is 1. The largest absolute Gasteiger partial charge is 0.357 e. The zero-order valence-electron chi connectivity index (χ0n) is 11.7. The van der Waals surface area contributed by atoms with Crippen molar-refractivity contribution in [3.8, 4) is 5.69 Å². The van der Waals surface area contributed by atoms with Gasteiger partial charge in [0.25, 0.3) is 0 Å². The monoisotopic (exact) mass is 330 g/mol. The molecule has 0 saturated carbocycles. The molecule has 0 atom stereocenters. The van der Waals surface area contributed by atoms with Gasteiger partial charge in [0.15, 0.2) is 4.34 Å². The van der Waals surface area contributed by atoms with Crippen molar-refractivity contribution in [2.45, 2.75) is 10.1 Å². The minimum atomic E-state index is 0.682. The van der Waals surface area contributed by atoms with Crippen LogP contribution in [0.4, 0.5) is 5.13 Å². The lowest BCUT2D eigenvalue weighted by molar-refractivity contribution is 0.833. The van der Waals surface area contributed by atoms with Gasteiger partial charge in [0.1, 0.15) is 12.2 Å².